The molecule has 2 amide bonds. The van der Waals surface area contributed by atoms with Crippen molar-refractivity contribution in [3.63, 3.8) is 0 Å². The van der Waals surface area contributed by atoms with Crippen LogP contribution < -0.4 is 24.3 Å². The maximum atomic E-state index is 13.2. The number of nitrogens with zero attached hydrogens (tertiary/aromatic N) is 1. The third-order valence-electron chi connectivity index (χ3n) is 5.86. The molecule has 180 valence electrons. The van der Waals surface area contributed by atoms with Crippen LogP contribution in [0.2, 0.25) is 0 Å². The molecular weight excluding hydrogens is 448 g/mol. The number of ether oxygens (including phenoxy) is 4. The first-order valence-corrected chi connectivity index (χ1v) is 11.5. The molecule has 35 heavy (non-hydrogen) atoms. The van der Waals surface area contributed by atoms with Crippen LogP contribution in [0.1, 0.15) is 24.5 Å². The number of para-hydroxylation sites is 1. The van der Waals surface area contributed by atoms with E-state index in [-0.39, 0.29) is 25.2 Å². The number of carbonyl (C=O) groups is 2. The molecular formula is C27H26N2O6. The average molecular weight is 475 g/mol. The van der Waals surface area contributed by atoms with Gasteiger partial charge in [0.1, 0.15) is 11.5 Å². The van der Waals surface area contributed by atoms with Crippen molar-refractivity contribution in [2.24, 2.45) is 0 Å². The van der Waals surface area contributed by atoms with Gasteiger partial charge >= 0.3 is 0 Å². The Balaban J connectivity index is 1.31. The van der Waals surface area contributed by atoms with Crippen molar-refractivity contribution in [2.45, 2.75) is 32.5 Å². The highest BCUT2D eigenvalue weighted by Crippen LogP contribution is 2.34. The summed E-state index contributed by atoms with van der Waals surface area (Å²) in [5, 5.41) is 2.86. The van der Waals surface area contributed by atoms with Crippen molar-refractivity contribution >= 4 is 17.5 Å². The zero-order valence-electron chi connectivity index (χ0n) is 19.4. The number of amides is 2. The summed E-state index contributed by atoms with van der Waals surface area (Å²) in [5.41, 5.74) is 2.36. The predicted molar refractivity (Wildman–Crippen MR) is 129 cm³/mol. The van der Waals surface area contributed by atoms with Gasteiger partial charge in [0.25, 0.3) is 11.8 Å². The average Bonchev–Trinajstić information content (AvgIpc) is 3.30. The molecule has 2 aliphatic heterocycles. The second kappa shape index (κ2) is 9.97. The quantitative estimate of drug-likeness (QED) is 0.554. The molecule has 8 nitrogen and oxygen atoms in total. The van der Waals surface area contributed by atoms with Crippen LogP contribution in [0, 0.1) is 0 Å². The van der Waals surface area contributed by atoms with Gasteiger partial charge in [-0.3, -0.25) is 9.59 Å². The Morgan fingerprint density at radius 3 is 2.66 bits per heavy atom. The molecule has 0 radical (unpaired) electrons. The van der Waals surface area contributed by atoms with Gasteiger partial charge < -0.3 is 29.2 Å². The summed E-state index contributed by atoms with van der Waals surface area (Å²) in [6, 6.07) is 20.2. The van der Waals surface area contributed by atoms with Crippen molar-refractivity contribution in [3.8, 4) is 23.0 Å². The highest BCUT2D eigenvalue weighted by atomic mass is 16.7. The van der Waals surface area contributed by atoms with Crippen LogP contribution in [0.3, 0.4) is 0 Å². The minimum atomic E-state index is -0.579. The van der Waals surface area contributed by atoms with Gasteiger partial charge in [-0.25, -0.2) is 0 Å². The molecule has 0 spiro atoms. The zero-order chi connectivity index (χ0) is 24.2. The Labute approximate surface area is 203 Å². The van der Waals surface area contributed by atoms with Crippen LogP contribution in [0.15, 0.2) is 66.7 Å². The number of anilines is 1. The van der Waals surface area contributed by atoms with Crippen molar-refractivity contribution in [1.82, 2.24) is 4.90 Å². The first kappa shape index (κ1) is 22.6. The molecule has 2 heterocycles. The molecule has 0 aromatic heterocycles. The van der Waals surface area contributed by atoms with Gasteiger partial charge in [-0.1, -0.05) is 31.2 Å². The van der Waals surface area contributed by atoms with Crippen LogP contribution in [0.5, 0.6) is 23.0 Å². The third kappa shape index (κ3) is 5.16. The summed E-state index contributed by atoms with van der Waals surface area (Å²) in [7, 11) is 0. The standard InChI is InChI=1S/C27H26N2O6/c1-2-22-27(31)29(14-18-8-10-24-25(12-18)34-17-33-24)15-19-13-20(9-11-23(19)35-22)28-26(30)16-32-21-6-4-3-5-7-21/h3-13,22H,2,14-17H2,1H3,(H,28,30). The van der Waals surface area contributed by atoms with E-state index >= 15 is 0 Å². The lowest BCUT2D eigenvalue weighted by Gasteiger charge is -2.23. The summed E-state index contributed by atoms with van der Waals surface area (Å²) in [4.78, 5) is 27.4. The number of carbonyl (C=O) groups excluding carboxylic acids is 2. The smallest absolute Gasteiger partial charge is 0.264 e. The summed E-state index contributed by atoms with van der Waals surface area (Å²) < 4.78 is 22.4. The minimum absolute atomic E-state index is 0.0804. The van der Waals surface area contributed by atoms with Gasteiger partial charge in [-0.15, -0.1) is 0 Å². The highest BCUT2D eigenvalue weighted by Gasteiger charge is 2.30. The fourth-order valence-electron chi connectivity index (χ4n) is 4.10. The number of nitrogens with one attached hydrogen (secondary N) is 1. The molecule has 0 saturated heterocycles. The predicted octanol–water partition coefficient (Wildman–Crippen LogP) is 4.13. The Morgan fingerprint density at radius 2 is 1.83 bits per heavy atom. The molecule has 3 aromatic carbocycles. The molecule has 0 aliphatic carbocycles. The lowest BCUT2D eigenvalue weighted by molar-refractivity contribution is -0.139. The number of rotatable bonds is 7. The Kier molecular flexibility index (Phi) is 6.43. The number of hydrogen-bond donors (Lipinski definition) is 1. The largest absolute Gasteiger partial charge is 0.484 e. The van der Waals surface area contributed by atoms with Crippen molar-refractivity contribution in [1.29, 1.82) is 0 Å². The maximum Gasteiger partial charge on any atom is 0.264 e. The van der Waals surface area contributed by atoms with E-state index in [1.807, 2.05) is 49.4 Å². The molecule has 1 atom stereocenters. The molecule has 3 aromatic rings. The van der Waals surface area contributed by atoms with Crippen molar-refractivity contribution < 1.29 is 28.5 Å². The number of benzene rings is 3. The zero-order valence-corrected chi connectivity index (χ0v) is 19.4. The van der Waals surface area contributed by atoms with E-state index < -0.39 is 6.10 Å². The molecule has 5 rings (SSSR count). The molecule has 1 unspecified atom stereocenters. The molecule has 0 fully saturated rings. The van der Waals surface area contributed by atoms with E-state index in [0.717, 1.165) is 11.1 Å². The first-order valence-electron chi connectivity index (χ1n) is 11.5. The SMILES string of the molecule is CCC1Oc2ccc(NC(=O)COc3ccccc3)cc2CN(Cc2ccc3c(c2)OCO3)C1=O. The van der Waals surface area contributed by atoms with Crippen LogP contribution in [-0.2, 0) is 22.7 Å². The maximum absolute atomic E-state index is 13.2. The van der Waals surface area contributed by atoms with Crippen LogP contribution >= 0.6 is 0 Å². The van der Waals surface area contributed by atoms with Gasteiger partial charge in [-0.05, 0) is 54.4 Å². The Bertz CT molecular complexity index is 1230. The molecule has 1 N–H and O–H groups in total. The Hall–Kier alpha value is -4.20. The Morgan fingerprint density at radius 1 is 1.03 bits per heavy atom. The van der Waals surface area contributed by atoms with Gasteiger partial charge in [0, 0.05) is 24.3 Å². The van der Waals surface area contributed by atoms with E-state index in [9.17, 15) is 9.59 Å². The van der Waals surface area contributed by atoms with Gasteiger partial charge in [0.05, 0.1) is 0 Å². The monoisotopic (exact) mass is 474 g/mol. The highest BCUT2D eigenvalue weighted by molar-refractivity contribution is 5.92. The second-order valence-corrected chi connectivity index (χ2v) is 8.37. The van der Waals surface area contributed by atoms with Crippen molar-refractivity contribution in [3.05, 3.63) is 77.9 Å². The lowest BCUT2D eigenvalue weighted by Crippen LogP contribution is -2.38. The summed E-state index contributed by atoms with van der Waals surface area (Å²) in [6.07, 6.45) is -0.0319. The topological polar surface area (TPSA) is 86.3 Å². The van der Waals surface area contributed by atoms with Crippen LogP contribution in [-0.4, -0.2) is 36.2 Å². The minimum Gasteiger partial charge on any atom is -0.484 e. The first-order chi connectivity index (χ1) is 17.1. The third-order valence-corrected chi connectivity index (χ3v) is 5.86. The fourth-order valence-corrected chi connectivity index (χ4v) is 4.10. The lowest BCUT2D eigenvalue weighted by atomic mass is 10.1. The van der Waals surface area contributed by atoms with E-state index in [1.54, 1.807) is 29.2 Å². The van der Waals surface area contributed by atoms with Gasteiger partial charge in [0.15, 0.2) is 24.2 Å². The van der Waals surface area contributed by atoms with E-state index in [1.165, 1.54) is 0 Å². The summed E-state index contributed by atoms with van der Waals surface area (Å²) >= 11 is 0. The van der Waals surface area contributed by atoms with Crippen LogP contribution in [0.4, 0.5) is 5.69 Å². The number of fused-ring (bicyclic) bond motifs is 2. The molecule has 8 heteroatoms. The van der Waals surface area contributed by atoms with E-state index in [4.69, 9.17) is 18.9 Å². The summed E-state index contributed by atoms with van der Waals surface area (Å²) in [5.74, 6) is 2.29. The van der Waals surface area contributed by atoms with E-state index in [2.05, 4.69) is 5.32 Å². The summed E-state index contributed by atoms with van der Waals surface area (Å²) in [6.45, 7) is 2.77. The normalized spacial score (nSPS) is 16.2. The molecule has 0 bridgehead atoms. The second-order valence-electron chi connectivity index (χ2n) is 8.37. The van der Waals surface area contributed by atoms with Gasteiger partial charge in [-0.2, -0.15) is 0 Å². The molecule has 0 saturated carbocycles. The van der Waals surface area contributed by atoms with Crippen LogP contribution in [0.25, 0.3) is 0 Å². The van der Waals surface area contributed by atoms with Gasteiger partial charge in [0.2, 0.25) is 6.79 Å². The number of hydrogen-bond acceptors (Lipinski definition) is 6. The van der Waals surface area contributed by atoms with E-state index in [0.29, 0.717) is 48.2 Å². The fraction of sp³-hybridized carbons (Fsp3) is 0.259. The molecule has 2 aliphatic rings. The van der Waals surface area contributed by atoms with Crippen molar-refractivity contribution in [2.75, 3.05) is 18.7 Å².